The van der Waals surface area contributed by atoms with Crippen LogP contribution in [0, 0.1) is 0 Å². The number of nitrogens with zero attached hydrogens (tertiary/aromatic N) is 3. The molecule has 1 aromatic carbocycles. The third kappa shape index (κ3) is 4.61. The van der Waals surface area contributed by atoms with Crippen molar-refractivity contribution < 1.29 is 9.47 Å². The number of likely N-dealkylation sites (N-methyl/N-ethyl adjacent to an activating group) is 1. The van der Waals surface area contributed by atoms with Gasteiger partial charge < -0.3 is 20.1 Å². The largest absolute Gasteiger partial charge is 0.493 e. The Balaban J connectivity index is 1.62. The lowest BCUT2D eigenvalue weighted by atomic mass is 10.1. The van der Waals surface area contributed by atoms with E-state index in [1.165, 1.54) is 0 Å². The van der Waals surface area contributed by atoms with Crippen molar-refractivity contribution in [1.82, 2.24) is 14.8 Å². The first-order valence-electron chi connectivity index (χ1n) is 8.60. The highest BCUT2D eigenvalue weighted by atomic mass is 16.5. The Labute approximate surface area is 149 Å². The summed E-state index contributed by atoms with van der Waals surface area (Å²) in [5.74, 6) is 1.97. The Kier molecular flexibility index (Phi) is 5.73. The maximum absolute atomic E-state index is 5.95. The van der Waals surface area contributed by atoms with Crippen LogP contribution in [0.2, 0.25) is 0 Å². The standard InChI is InChI=1S/C19H26N4O2/c1-22-8-10-23(11-9-22)12-13-25-17-7-6-15(14-18(17)24-2)16-4-3-5-19(20)21-16/h3-7,14H,8-13H2,1-2H3,(H2,20,21). The molecule has 25 heavy (non-hydrogen) atoms. The molecule has 134 valence electrons. The number of nitrogens with two attached hydrogens (primary N) is 1. The van der Waals surface area contributed by atoms with Crippen LogP contribution in [0.1, 0.15) is 0 Å². The quantitative estimate of drug-likeness (QED) is 0.866. The van der Waals surface area contributed by atoms with Gasteiger partial charge in [0.2, 0.25) is 0 Å². The number of piperazine rings is 1. The molecule has 1 saturated heterocycles. The molecule has 2 heterocycles. The van der Waals surface area contributed by atoms with E-state index in [4.69, 9.17) is 15.2 Å². The predicted molar refractivity (Wildman–Crippen MR) is 100 cm³/mol. The second-order valence-electron chi connectivity index (χ2n) is 6.31. The molecule has 0 saturated carbocycles. The third-order valence-corrected chi connectivity index (χ3v) is 4.49. The summed E-state index contributed by atoms with van der Waals surface area (Å²) in [5.41, 5.74) is 7.54. The van der Waals surface area contributed by atoms with Crippen LogP contribution in [0.15, 0.2) is 36.4 Å². The Morgan fingerprint density at radius 2 is 1.88 bits per heavy atom. The van der Waals surface area contributed by atoms with Gasteiger partial charge in [0.1, 0.15) is 12.4 Å². The van der Waals surface area contributed by atoms with Crippen molar-refractivity contribution in [3.63, 3.8) is 0 Å². The predicted octanol–water partition coefficient (Wildman–Crippen LogP) is 1.97. The fourth-order valence-electron chi connectivity index (χ4n) is 2.91. The fraction of sp³-hybridized carbons (Fsp3) is 0.421. The van der Waals surface area contributed by atoms with E-state index in [-0.39, 0.29) is 0 Å². The van der Waals surface area contributed by atoms with Gasteiger partial charge in [0.25, 0.3) is 0 Å². The van der Waals surface area contributed by atoms with Crippen molar-refractivity contribution in [1.29, 1.82) is 0 Å². The van der Waals surface area contributed by atoms with Crippen molar-refractivity contribution in [2.75, 3.05) is 59.2 Å². The van der Waals surface area contributed by atoms with Crippen LogP contribution in [0.4, 0.5) is 5.82 Å². The van der Waals surface area contributed by atoms with E-state index in [1.807, 2.05) is 30.3 Å². The van der Waals surface area contributed by atoms with Gasteiger partial charge >= 0.3 is 0 Å². The summed E-state index contributed by atoms with van der Waals surface area (Å²) in [4.78, 5) is 9.13. The third-order valence-electron chi connectivity index (χ3n) is 4.49. The van der Waals surface area contributed by atoms with Crippen LogP contribution in [-0.2, 0) is 0 Å². The van der Waals surface area contributed by atoms with Crippen LogP contribution in [0.25, 0.3) is 11.3 Å². The number of aromatic nitrogens is 1. The number of hydrogen-bond acceptors (Lipinski definition) is 6. The number of anilines is 1. The molecule has 6 heteroatoms. The summed E-state index contributed by atoms with van der Waals surface area (Å²) in [7, 11) is 3.81. The zero-order valence-electron chi connectivity index (χ0n) is 14.9. The van der Waals surface area contributed by atoms with Crippen LogP contribution in [0.3, 0.4) is 0 Å². The second-order valence-corrected chi connectivity index (χ2v) is 6.31. The minimum Gasteiger partial charge on any atom is -0.493 e. The van der Waals surface area contributed by atoms with E-state index >= 15 is 0 Å². The molecule has 1 fully saturated rings. The number of benzene rings is 1. The van der Waals surface area contributed by atoms with Gasteiger partial charge in [0.05, 0.1) is 12.8 Å². The summed E-state index contributed by atoms with van der Waals surface area (Å²) in [5, 5.41) is 0. The summed E-state index contributed by atoms with van der Waals surface area (Å²) in [6, 6.07) is 11.5. The summed E-state index contributed by atoms with van der Waals surface area (Å²) in [6.07, 6.45) is 0. The Morgan fingerprint density at radius 3 is 2.60 bits per heavy atom. The van der Waals surface area contributed by atoms with Gasteiger partial charge in [-0.3, -0.25) is 4.90 Å². The van der Waals surface area contributed by atoms with Gasteiger partial charge in [-0.25, -0.2) is 4.98 Å². The molecule has 1 aliphatic heterocycles. The van der Waals surface area contributed by atoms with Crippen LogP contribution in [0.5, 0.6) is 11.5 Å². The molecule has 0 spiro atoms. The monoisotopic (exact) mass is 342 g/mol. The van der Waals surface area contributed by atoms with Crippen molar-refractivity contribution in [2.45, 2.75) is 0 Å². The Bertz CT molecular complexity index is 700. The smallest absolute Gasteiger partial charge is 0.161 e. The second kappa shape index (κ2) is 8.18. The van der Waals surface area contributed by atoms with E-state index in [9.17, 15) is 0 Å². The summed E-state index contributed by atoms with van der Waals surface area (Å²) in [6.45, 7) is 6.00. The molecule has 1 aromatic heterocycles. The Hall–Kier alpha value is -2.31. The molecule has 0 atom stereocenters. The highest BCUT2D eigenvalue weighted by Gasteiger charge is 2.14. The molecular formula is C19H26N4O2. The van der Waals surface area contributed by atoms with E-state index in [1.54, 1.807) is 13.2 Å². The minimum atomic E-state index is 0.504. The average molecular weight is 342 g/mol. The lowest BCUT2D eigenvalue weighted by Gasteiger charge is -2.32. The van der Waals surface area contributed by atoms with E-state index in [2.05, 4.69) is 21.8 Å². The lowest BCUT2D eigenvalue weighted by molar-refractivity contribution is 0.133. The van der Waals surface area contributed by atoms with Crippen molar-refractivity contribution in [3.8, 4) is 22.8 Å². The van der Waals surface area contributed by atoms with Crippen molar-refractivity contribution in [2.24, 2.45) is 0 Å². The van der Waals surface area contributed by atoms with Crippen molar-refractivity contribution >= 4 is 5.82 Å². The fourth-order valence-corrected chi connectivity index (χ4v) is 2.91. The van der Waals surface area contributed by atoms with Gasteiger partial charge in [-0.05, 0) is 37.4 Å². The molecule has 2 aromatic rings. The molecule has 0 aliphatic carbocycles. The number of rotatable bonds is 6. The Morgan fingerprint density at radius 1 is 1.08 bits per heavy atom. The first-order chi connectivity index (χ1) is 12.2. The molecule has 3 rings (SSSR count). The highest BCUT2D eigenvalue weighted by molar-refractivity contribution is 5.65. The molecule has 0 unspecified atom stereocenters. The first kappa shape index (κ1) is 17.5. The molecule has 2 N–H and O–H groups in total. The topological polar surface area (TPSA) is 63.9 Å². The molecule has 1 aliphatic rings. The molecule has 0 amide bonds. The number of hydrogen-bond donors (Lipinski definition) is 1. The molecular weight excluding hydrogens is 316 g/mol. The highest BCUT2D eigenvalue weighted by Crippen LogP contribution is 2.32. The van der Waals surface area contributed by atoms with E-state index in [0.29, 0.717) is 18.2 Å². The van der Waals surface area contributed by atoms with Crippen LogP contribution < -0.4 is 15.2 Å². The molecule has 0 radical (unpaired) electrons. The maximum Gasteiger partial charge on any atom is 0.161 e. The summed E-state index contributed by atoms with van der Waals surface area (Å²) >= 11 is 0. The number of nitrogen functional groups attached to an aromatic ring is 1. The zero-order valence-corrected chi connectivity index (χ0v) is 14.9. The molecule has 0 bridgehead atoms. The van der Waals surface area contributed by atoms with E-state index in [0.717, 1.165) is 49.7 Å². The zero-order chi connectivity index (χ0) is 17.6. The van der Waals surface area contributed by atoms with Gasteiger partial charge in [0.15, 0.2) is 11.5 Å². The van der Waals surface area contributed by atoms with Gasteiger partial charge in [-0.1, -0.05) is 6.07 Å². The number of ether oxygens (including phenoxy) is 2. The normalized spacial score (nSPS) is 15.9. The summed E-state index contributed by atoms with van der Waals surface area (Å²) < 4.78 is 11.4. The van der Waals surface area contributed by atoms with Gasteiger partial charge in [0, 0.05) is 38.3 Å². The SMILES string of the molecule is COc1cc(-c2cccc(N)n2)ccc1OCCN1CCN(C)CC1. The minimum absolute atomic E-state index is 0.504. The lowest BCUT2D eigenvalue weighted by Crippen LogP contribution is -2.45. The maximum atomic E-state index is 5.95. The van der Waals surface area contributed by atoms with Gasteiger partial charge in [-0.2, -0.15) is 0 Å². The average Bonchev–Trinajstić information content (AvgIpc) is 2.63. The number of pyridine rings is 1. The first-order valence-corrected chi connectivity index (χ1v) is 8.60. The van der Waals surface area contributed by atoms with E-state index < -0.39 is 0 Å². The number of methoxy groups -OCH3 is 1. The van der Waals surface area contributed by atoms with Crippen LogP contribution in [-0.4, -0.2) is 68.3 Å². The van der Waals surface area contributed by atoms with Gasteiger partial charge in [-0.15, -0.1) is 0 Å². The molecule has 6 nitrogen and oxygen atoms in total. The van der Waals surface area contributed by atoms with Crippen molar-refractivity contribution in [3.05, 3.63) is 36.4 Å². The van der Waals surface area contributed by atoms with Crippen LogP contribution >= 0.6 is 0 Å².